The van der Waals surface area contributed by atoms with Crippen LogP contribution in [0.2, 0.25) is 0 Å². The molecule has 3 aromatic rings. The van der Waals surface area contributed by atoms with Crippen molar-refractivity contribution in [2.45, 2.75) is 67.1 Å². The van der Waals surface area contributed by atoms with Gasteiger partial charge in [0.1, 0.15) is 0 Å². The zero-order chi connectivity index (χ0) is 27.9. The molecule has 0 fully saturated rings. The molecular weight excluding hydrogens is 508 g/mol. The number of hydrogen-bond acceptors (Lipinski definition) is 7. The molecule has 0 atom stereocenters. The molecule has 0 saturated heterocycles. The molecule has 10 nitrogen and oxygen atoms in total. The molecule has 10 heteroatoms. The zero-order valence-electron chi connectivity index (χ0n) is 23.3. The van der Waals surface area contributed by atoms with Crippen LogP contribution >= 0.6 is 0 Å². The monoisotopic (exact) mass is 550 g/mol. The van der Waals surface area contributed by atoms with Gasteiger partial charge < -0.3 is 14.6 Å². The molecule has 1 aliphatic rings. The lowest BCUT2D eigenvalue weighted by molar-refractivity contribution is -0.145. The number of aryl methyl sites for hydroxylation is 2. The van der Waals surface area contributed by atoms with Gasteiger partial charge in [0.15, 0.2) is 0 Å². The van der Waals surface area contributed by atoms with Gasteiger partial charge in [0.05, 0.1) is 13.1 Å². The Labute approximate surface area is 236 Å². The maximum Gasteiger partial charge on any atom is 0.437 e. The molecule has 2 amide bonds. The minimum absolute atomic E-state index is 0. The van der Waals surface area contributed by atoms with Gasteiger partial charge in [0.2, 0.25) is 11.8 Å². The summed E-state index contributed by atoms with van der Waals surface area (Å²) in [7, 11) is 1.78. The number of likely N-dealkylation sites (N-methyl/N-ethyl adjacent to an activating group) is 1. The highest BCUT2D eigenvalue weighted by Crippen LogP contribution is 2.27. The number of unbranched alkanes of at least 4 members (excludes halogenated alkanes) is 2. The van der Waals surface area contributed by atoms with Gasteiger partial charge in [0, 0.05) is 44.5 Å². The fourth-order valence-corrected chi connectivity index (χ4v) is 4.77. The van der Waals surface area contributed by atoms with Crippen LogP contribution in [0, 0.1) is 6.92 Å². The normalized spacial score (nSPS) is 12.5. The largest absolute Gasteiger partial charge is 0.437 e. The third kappa shape index (κ3) is 7.18. The van der Waals surface area contributed by atoms with Gasteiger partial charge in [-0.3, -0.25) is 14.6 Å². The van der Waals surface area contributed by atoms with Gasteiger partial charge in [-0.2, -0.15) is 4.68 Å². The van der Waals surface area contributed by atoms with Gasteiger partial charge in [-0.1, -0.05) is 51.5 Å². The summed E-state index contributed by atoms with van der Waals surface area (Å²) in [6.45, 7) is 8.29. The Hall–Kier alpha value is -3.92. The van der Waals surface area contributed by atoms with Crippen molar-refractivity contribution < 1.29 is 14.0 Å². The Bertz CT molecular complexity index is 1340. The average molecular weight is 551 g/mol. The van der Waals surface area contributed by atoms with Crippen molar-refractivity contribution in [1.82, 2.24) is 25.1 Å². The number of carbonyl (C=O) groups excluding carboxylic acids is 2. The van der Waals surface area contributed by atoms with E-state index in [0.717, 1.165) is 30.5 Å². The second kappa shape index (κ2) is 13.9. The Morgan fingerprint density at radius 3 is 2.35 bits per heavy atom. The number of fused-ring (bicyclic) bond motifs is 1. The number of rotatable bonds is 12. The first-order chi connectivity index (χ1) is 18.8. The fraction of sp³-hybridized carbons (Fsp3) is 0.467. The topological polar surface area (TPSA) is 104 Å². The first kappa shape index (κ1) is 30.6. The van der Waals surface area contributed by atoms with E-state index in [4.69, 9.17) is 4.42 Å². The number of amides is 2. The van der Waals surface area contributed by atoms with Gasteiger partial charge in [-0.15, -0.1) is 5.10 Å². The molecule has 1 N–H and O–H groups in total. The van der Waals surface area contributed by atoms with Crippen LogP contribution in [0.25, 0.3) is 11.5 Å². The number of anilines is 1. The lowest BCUT2D eigenvalue weighted by atomic mass is 10.1. The van der Waals surface area contributed by atoms with Crippen LogP contribution in [0.3, 0.4) is 0 Å². The van der Waals surface area contributed by atoms with Crippen LogP contribution in [0.5, 0.6) is 0 Å². The highest BCUT2D eigenvalue weighted by molar-refractivity contribution is 5.87. The highest BCUT2D eigenvalue weighted by Gasteiger charge is 2.27. The van der Waals surface area contributed by atoms with E-state index in [1.807, 2.05) is 43.1 Å². The van der Waals surface area contributed by atoms with E-state index in [0.29, 0.717) is 31.7 Å². The third-order valence-electron chi connectivity index (χ3n) is 7.06. The van der Waals surface area contributed by atoms with Gasteiger partial charge in [0.25, 0.3) is 5.91 Å². The summed E-state index contributed by atoms with van der Waals surface area (Å²) in [6.07, 6.45) is 3.05. The van der Waals surface area contributed by atoms with Crippen LogP contribution in [0.4, 0.5) is 5.69 Å². The quantitative estimate of drug-likeness (QED) is 0.340. The summed E-state index contributed by atoms with van der Waals surface area (Å²) in [5.41, 5.74) is 4.67. The summed E-state index contributed by atoms with van der Waals surface area (Å²) in [5, 5.41) is 10.9. The molecule has 0 bridgehead atoms. The number of aromatic nitrogens is 2. The molecular formula is C30H42N6O4. The predicted molar refractivity (Wildman–Crippen MR) is 157 cm³/mol. The molecule has 0 aliphatic carbocycles. The predicted octanol–water partition coefficient (Wildman–Crippen LogP) is 3.97. The Kier molecular flexibility index (Phi) is 10.7. The zero-order valence-corrected chi connectivity index (χ0v) is 23.3. The van der Waals surface area contributed by atoms with Crippen LogP contribution in [-0.4, -0.2) is 58.3 Å². The number of hydrogen-bond donors (Lipinski definition) is 1. The summed E-state index contributed by atoms with van der Waals surface area (Å²) >= 11 is 0. The third-order valence-corrected chi connectivity index (χ3v) is 7.06. The number of hydrazine groups is 1. The molecule has 1 aliphatic heterocycles. The summed E-state index contributed by atoms with van der Waals surface area (Å²) in [5.74, 6) is -0.515. The lowest BCUT2D eigenvalue weighted by Gasteiger charge is -2.32. The summed E-state index contributed by atoms with van der Waals surface area (Å²) < 4.78 is 6.57. The highest BCUT2D eigenvalue weighted by atomic mass is 16.4. The number of nitrogens with zero attached hydrogens (tertiary/aromatic N) is 5. The molecule has 0 unspecified atom stereocenters. The number of carbonyl (C=O) groups is 2. The maximum atomic E-state index is 13.5. The second-order valence-electron chi connectivity index (χ2n) is 9.91. The molecule has 0 spiro atoms. The molecule has 2 heterocycles. The minimum atomic E-state index is -0.506. The van der Waals surface area contributed by atoms with Crippen LogP contribution in [-0.2, 0) is 29.2 Å². The van der Waals surface area contributed by atoms with Gasteiger partial charge in [-0.05, 0) is 55.2 Å². The van der Waals surface area contributed by atoms with Crippen LogP contribution in [0.1, 0.15) is 57.2 Å². The van der Waals surface area contributed by atoms with E-state index in [9.17, 15) is 14.4 Å². The van der Waals surface area contributed by atoms with E-state index in [1.54, 1.807) is 23.0 Å². The molecule has 4 rings (SSSR count). The second-order valence-corrected chi connectivity index (χ2v) is 9.91. The Morgan fingerprint density at radius 1 is 1.05 bits per heavy atom. The first-order valence-corrected chi connectivity index (χ1v) is 13.6. The average Bonchev–Trinajstić information content (AvgIpc) is 3.53. The number of nitrogens with one attached hydrogen (secondary N) is 1. The van der Waals surface area contributed by atoms with E-state index in [-0.39, 0.29) is 38.2 Å². The molecule has 0 saturated carbocycles. The van der Waals surface area contributed by atoms with E-state index in [1.165, 1.54) is 15.8 Å². The van der Waals surface area contributed by atoms with E-state index in [2.05, 4.69) is 29.5 Å². The Morgan fingerprint density at radius 2 is 1.75 bits per heavy atom. The van der Waals surface area contributed by atoms with Gasteiger partial charge >= 0.3 is 5.76 Å². The van der Waals surface area contributed by atoms with Crippen molar-refractivity contribution >= 4 is 17.5 Å². The first-order valence-electron chi connectivity index (χ1n) is 13.6. The molecule has 216 valence electrons. The molecule has 2 aromatic carbocycles. The van der Waals surface area contributed by atoms with Crippen molar-refractivity contribution in [2.75, 3.05) is 31.6 Å². The van der Waals surface area contributed by atoms with Crippen molar-refractivity contribution in [3.05, 3.63) is 69.7 Å². The van der Waals surface area contributed by atoms with Crippen molar-refractivity contribution in [1.29, 1.82) is 0 Å². The molecule has 0 radical (unpaired) electrons. The summed E-state index contributed by atoms with van der Waals surface area (Å²) in [4.78, 5) is 40.1. The minimum Gasteiger partial charge on any atom is -0.388 e. The van der Waals surface area contributed by atoms with E-state index < -0.39 is 5.76 Å². The van der Waals surface area contributed by atoms with Crippen molar-refractivity contribution in [3.63, 3.8) is 0 Å². The summed E-state index contributed by atoms with van der Waals surface area (Å²) in [6, 6.07) is 13.7. The maximum absolute atomic E-state index is 13.5. The number of benzene rings is 2. The standard InChI is InChI=1S/C29H38N6O4.CH4/c1-5-7-10-15-30-26(36)19-33(20-27(37)32(4)34-17-23-11-8-9-12-24(23)18-34)25-14-13-22(16-21(25)3)28-31-35(6-2)29(38)39-28;/h8-9,11-14,16H,5-7,10,15,17-20H2,1-4H3,(H,30,36);1H4. The fourth-order valence-electron chi connectivity index (χ4n) is 4.77. The SMILES string of the molecule is C.CCCCCNC(=O)CN(CC(=O)N(C)N1Cc2ccccc2C1)c1ccc(-c2nn(CC)c(=O)o2)cc1C. The lowest BCUT2D eigenvalue weighted by Crippen LogP contribution is -2.48. The van der Waals surface area contributed by atoms with Crippen LogP contribution < -0.4 is 16.0 Å². The molecule has 40 heavy (non-hydrogen) atoms. The van der Waals surface area contributed by atoms with Crippen molar-refractivity contribution in [2.24, 2.45) is 0 Å². The molecule has 1 aromatic heterocycles. The Balaban J connectivity index is 0.00000441. The smallest absolute Gasteiger partial charge is 0.388 e. The van der Waals surface area contributed by atoms with Gasteiger partial charge in [-0.25, -0.2) is 9.80 Å². The van der Waals surface area contributed by atoms with E-state index >= 15 is 0 Å². The van der Waals surface area contributed by atoms with Crippen molar-refractivity contribution in [3.8, 4) is 11.5 Å². The van der Waals surface area contributed by atoms with Crippen LogP contribution in [0.15, 0.2) is 51.7 Å².